The Morgan fingerprint density at radius 3 is 2.60 bits per heavy atom. The largest absolute Gasteiger partial charge is 0.436 e. The maximum absolute atomic E-state index is 9.37. The molecule has 1 heterocycles. The first-order chi connectivity index (χ1) is 12.1. The molecule has 3 N–H and O–H groups in total. The molecule has 0 aliphatic carbocycles. The second-order valence-electron chi connectivity index (χ2n) is 6.35. The highest BCUT2D eigenvalue weighted by atomic mass is 16.3. The Labute approximate surface area is 147 Å². The van der Waals surface area contributed by atoms with Crippen LogP contribution in [-0.2, 0) is 0 Å². The maximum atomic E-state index is 9.37. The zero-order valence-electron chi connectivity index (χ0n) is 14.6. The molecular weight excluding hydrogens is 316 g/mol. The number of nitrogens with one attached hydrogen (secondary N) is 1. The number of aliphatic hydroxyl groups excluding tert-OH is 2. The first kappa shape index (κ1) is 17.5. The molecule has 5 nitrogen and oxygen atoms in total. The van der Waals surface area contributed by atoms with Crippen LogP contribution in [0.2, 0.25) is 0 Å². The van der Waals surface area contributed by atoms with Crippen LogP contribution in [0, 0.1) is 0 Å². The molecule has 0 aliphatic heterocycles. The van der Waals surface area contributed by atoms with Gasteiger partial charge in [0.05, 0.1) is 12.7 Å². The Balaban J connectivity index is 1.79. The van der Waals surface area contributed by atoms with Gasteiger partial charge in [0.15, 0.2) is 5.58 Å². The molecule has 0 aliphatic rings. The van der Waals surface area contributed by atoms with Crippen LogP contribution < -0.4 is 5.32 Å². The van der Waals surface area contributed by atoms with Crippen molar-refractivity contribution in [1.29, 1.82) is 0 Å². The normalized spacial score (nSPS) is 13.8. The van der Waals surface area contributed by atoms with Crippen molar-refractivity contribution in [3.63, 3.8) is 0 Å². The van der Waals surface area contributed by atoms with Gasteiger partial charge >= 0.3 is 0 Å². The number of nitrogens with zero attached hydrogens (tertiary/aromatic N) is 1. The fourth-order valence-electron chi connectivity index (χ4n) is 2.64. The van der Waals surface area contributed by atoms with E-state index in [-0.39, 0.29) is 6.61 Å². The lowest BCUT2D eigenvalue weighted by Crippen LogP contribution is -2.22. The Kier molecular flexibility index (Phi) is 5.36. The molecule has 0 radical (unpaired) electrons. The molecule has 0 bridgehead atoms. The number of fused-ring (bicyclic) bond motifs is 1. The second-order valence-corrected chi connectivity index (χ2v) is 6.35. The number of anilines is 1. The minimum atomic E-state index is -0.767. The van der Waals surface area contributed by atoms with Crippen molar-refractivity contribution in [3.05, 3.63) is 48.0 Å². The van der Waals surface area contributed by atoms with E-state index >= 15 is 0 Å². The molecule has 2 atom stereocenters. The van der Waals surface area contributed by atoms with Crippen LogP contribution in [0.25, 0.3) is 22.6 Å². The van der Waals surface area contributed by atoms with Gasteiger partial charge in [-0.15, -0.1) is 0 Å². The van der Waals surface area contributed by atoms with Gasteiger partial charge in [0, 0.05) is 17.8 Å². The molecule has 1 aromatic heterocycles. The van der Waals surface area contributed by atoms with E-state index in [2.05, 4.69) is 36.3 Å². The monoisotopic (exact) mass is 340 g/mol. The van der Waals surface area contributed by atoms with Crippen LogP contribution in [0.15, 0.2) is 46.9 Å². The molecule has 25 heavy (non-hydrogen) atoms. The van der Waals surface area contributed by atoms with E-state index in [4.69, 9.17) is 9.52 Å². The Morgan fingerprint density at radius 1 is 1.16 bits per heavy atom. The molecule has 3 rings (SSSR count). The lowest BCUT2D eigenvalue weighted by Gasteiger charge is -2.10. The number of hydrogen-bond donors (Lipinski definition) is 3. The quantitative estimate of drug-likeness (QED) is 0.610. The highest BCUT2D eigenvalue weighted by Crippen LogP contribution is 2.28. The van der Waals surface area contributed by atoms with E-state index in [0.717, 1.165) is 28.8 Å². The SMILES string of the molecule is CCC(C)c1ccc2oc(-c3ccc(NCC(O)CO)cc3)nc2c1. The van der Waals surface area contributed by atoms with Gasteiger partial charge in [0.2, 0.25) is 5.89 Å². The van der Waals surface area contributed by atoms with E-state index in [1.165, 1.54) is 5.56 Å². The van der Waals surface area contributed by atoms with Gasteiger partial charge in [-0.2, -0.15) is 0 Å². The van der Waals surface area contributed by atoms with E-state index < -0.39 is 6.10 Å². The lowest BCUT2D eigenvalue weighted by atomic mass is 9.98. The fourth-order valence-corrected chi connectivity index (χ4v) is 2.64. The van der Waals surface area contributed by atoms with E-state index in [0.29, 0.717) is 18.4 Å². The van der Waals surface area contributed by atoms with E-state index in [9.17, 15) is 5.11 Å². The summed E-state index contributed by atoms with van der Waals surface area (Å²) in [5.41, 5.74) is 4.70. The molecule has 0 spiro atoms. The number of aromatic nitrogens is 1. The van der Waals surface area contributed by atoms with Gasteiger partial charge in [0.1, 0.15) is 5.52 Å². The summed E-state index contributed by atoms with van der Waals surface area (Å²) in [6, 6.07) is 13.8. The van der Waals surface area contributed by atoms with Crippen molar-refractivity contribution >= 4 is 16.8 Å². The zero-order valence-corrected chi connectivity index (χ0v) is 14.6. The molecule has 2 unspecified atom stereocenters. The van der Waals surface area contributed by atoms with Gasteiger partial charge in [-0.05, 0) is 54.3 Å². The van der Waals surface area contributed by atoms with Crippen LogP contribution in [-0.4, -0.2) is 34.5 Å². The molecule has 0 fully saturated rings. The summed E-state index contributed by atoms with van der Waals surface area (Å²) in [4.78, 5) is 4.62. The van der Waals surface area contributed by atoms with Crippen molar-refractivity contribution in [2.75, 3.05) is 18.5 Å². The molecule has 132 valence electrons. The molecule has 0 saturated heterocycles. The number of benzene rings is 2. The summed E-state index contributed by atoms with van der Waals surface area (Å²) < 4.78 is 5.87. The summed E-state index contributed by atoms with van der Waals surface area (Å²) in [7, 11) is 0. The molecular formula is C20H24N2O3. The van der Waals surface area contributed by atoms with Crippen molar-refractivity contribution < 1.29 is 14.6 Å². The molecule has 0 saturated carbocycles. The van der Waals surface area contributed by atoms with E-state index in [1.54, 1.807) is 0 Å². The fraction of sp³-hybridized carbons (Fsp3) is 0.350. The lowest BCUT2D eigenvalue weighted by molar-refractivity contribution is 0.105. The zero-order chi connectivity index (χ0) is 17.8. The molecule has 2 aromatic carbocycles. The van der Waals surface area contributed by atoms with Crippen LogP contribution in [0.4, 0.5) is 5.69 Å². The van der Waals surface area contributed by atoms with Crippen molar-refractivity contribution in [2.45, 2.75) is 32.3 Å². The minimum absolute atomic E-state index is 0.257. The summed E-state index contributed by atoms with van der Waals surface area (Å²) in [5, 5.41) is 21.3. The average Bonchev–Trinajstić information content (AvgIpc) is 3.09. The first-order valence-corrected chi connectivity index (χ1v) is 8.64. The Hall–Kier alpha value is -2.37. The first-order valence-electron chi connectivity index (χ1n) is 8.64. The minimum Gasteiger partial charge on any atom is -0.436 e. The highest BCUT2D eigenvalue weighted by molar-refractivity contribution is 5.77. The second kappa shape index (κ2) is 7.68. The third kappa shape index (κ3) is 4.00. The van der Waals surface area contributed by atoms with E-state index in [1.807, 2.05) is 30.3 Å². The predicted molar refractivity (Wildman–Crippen MR) is 99.7 cm³/mol. The average molecular weight is 340 g/mol. The van der Waals surface area contributed by atoms with Gasteiger partial charge < -0.3 is 19.9 Å². The number of oxazole rings is 1. The summed E-state index contributed by atoms with van der Waals surface area (Å²) in [6.07, 6.45) is 0.326. The third-order valence-electron chi connectivity index (χ3n) is 4.48. The van der Waals surface area contributed by atoms with Crippen molar-refractivity contribution in [1.82, 2.24) is 4.98 Å². The van der Waals surface area contributed by atoms with Crippen molar-refractivity contribution in [2.24, 2.45) is 0 Å². The van der Waals surface area contributed by atoms with Crippen LogP contribution in [0.3, 0.4) is 0 Å². The molecule has 3 aromatic rings. The number of rotatable bonds is 7. The topological polar surface area (TPSA) is 78.5 Å². The standard InChI is InChI=1S/C20H24N2O3/c1-3-13(2)15-6-9-19-18(10-15)22-20(25-19)14-4-7-16(8-5-14)21-11-17(24)12-23/h4-10,13,17,21,23-24H,3,11-12H2,1-2H3. The summed E-state index contributed by atoms with van der Waals surface area (Å²) in [6.45, 7) is 4.43. The van der Waals surface area contributed by atoms with Crippen molar-refractivity contribution in [3.8, 4) is 11.5 Å². The van der Waals surface area contributed by atoms with Crippen LogP contribution >= 0.6 is 0 Å². The van der Waals surface area contributed by atoms with Gasteiger partial charge in [-0.25, -0.2) is 4.98 Å². The Bertz CT molecular complexity index is 827. The smallest absolute Gasteiger partial charge is 0.227 e. The van der Waals surface area contributed by atoms with Gasteiger partial charge in [0.25, 0.3) is 0 Å². The predicted octanol–water partition coefficient (Wildman–Crippen LogP) is 3.77. The number of hydrogen-bond acceptors (Lipinski definition) is 5. The summed E-state index contributed by atoms with van der Waals surface area (Å²) in [5.74, 6) is 1.10. The van der Waals surface area contributed by atoms with Gasteiger partial charge in [-0.1, -0.05) is 19.9 Å². The van der Waals surface area contributed by atoms with Crippen LogP contribution in [0.1, 0.15) is 31.7 Å². The molecule has 0 amide bonds. The molecule has 5 heteroatoms. The number of aliphatic hydroxyl groups is 2. The highest BCUT2D eigenvalue weighted by Gasteiger charge is 2.11. The Morgan fingerprint density at radius 2 is 1.92 bits per heavy atom. The third-order valence-corrected chi connectivity index (χ3v) is 4.48. The van der Waals surface area contributed by atoms with Gasteiger partial charge in [-0.3, -0.25) is 0 Å². The maximum Gasteiger partial charge on any atom is 0.227 e. The summed E-state index contributed by atoms with van der Waals surface area (Å²) >= 11 is 0. The van der Waals surface area contributed by atoms with Crippen LogP contribution in [0.5, 0.6) is 0 Å².